The molecule has 6 nitrogen and oxygen atoms in total. The Kier molecular flexibility index (Phi) is 4.88. The number of primary amides is 1. The first-order chi connectivity index (χ1) is 9.86. The lowest BCUT2D eigenvalue weighted by Crippen LogP contribution is -2.41. The van der Waals surface area contributed by atoms with Crippen molar-refractivity contribution in [2.24, 2.45) is 17.4 Å². The molecule has 0 bridgehead atoms. The summed E-state index contributed by atoms with van der Waals surface area (Å²) in [6.07, 6.45) is 0.895. The number of carbonyl (C=O) groups excluding carboxylic acids is 1. The molecule has 8 heteroatoms. The highest BCUT2D eigenvalue weighted by Gasteiger charge is 2.31. The summed E-state index contributed by atoms with van der Waals surface area (Å²) in [5.74, 6) is -0.623. The zero-order valence-corrected chi connectivity index (χ0v) is 13.0. The van der Waals surface area contributed by atoms with E-state index in [-0.39, 0.29) is 36.4 Å². The van der Waals surface area contributed by atoms with Crippen molar-refractivity contribution in [1.29, 1.82) is 0 Å². The molecule has 2 rings (SSSR count). The minimum Gasteiger partial charge on any atom is -0.369 e. The fraction of sp³-hybridized carbons (Fsp3) is 0.462. The maximum absolute atomic E-state index is 12.5. The Bertz CT molecular complexity index is 640. The smallest absolute Gasteiger partial charge is 0.243 e. The number of hydrogen-bond acceptors (Lipinski definition) is 4. The number of carbonyl (C=O) groups is 1. The van der Waals surface area contributed by atoms with Crippen molar-refractivity contribution in [3.63, 3.8) is 0 Å². The Balaban J connectivity index is 2.19. The van der Waals surface area contributed by atoms with Crippen LogP contribution in [0.25, 0.3) is 0 Å². The quantitative estimate of drug-likeness (QED) is 0.846. The maximum atomic E-state index is 12.5. The number of halogens is 1. The third-order valence-corrected chi connectivity index (χ3v) is 5.99. The topological polar surface area (TPSA) is 106 Å². The number of nitrogens with two attached hydrogens (primary N) is 2. The van der Waals surface area contributed by atoms with Gasteiger partial charge in [0, 0.05) is 30.6 Å². The van der Waals surface area contributed by atoms with E-state index in [9.17, 15) is 13.2 Å². The van der Waals surface area contributed by atoms with Crippen LogP contribution in [0.1, 0.15) is 18.4 Å². The van der Waals surface area contributed by atoms with E-state index in [2.05, 4.69) is 0 Å². The lowest BCUT2D eigenvalue weighted by atomic mass is 9.98. The Morgan fingerprint density at radius 1 is 1.33 bits per heavy atom. The van der Waals surface area contributed by atoms with Gasteiger partial charge in [0.05, 0.1) is 4.90 Å². The van der Waals surface area contributed by atoms with E-state index in [1.807, 2.05) is 0 Å². The number of sulfonamides is 1. The van der Waals surface area contributed by atoms with Crippen LogP contribution in [0, 0.1) is 5.92 Å². The van der Waals surface area contributed by atoms with Crippen LogP contribution in [0.5, 0.6) is 0 Å². The molecule has 21 heavy (non-hydrogen) atoms. The van der Waals surface area contributed by atoms with E-state index in [1.165, 1.54) is 16.4 Å². The molecular weight excluding hydrogens is 314 g/mol. The zero-order chi connectivity index (χ0) is 15.6. The zero-order valence-electron chi connectivity index (χ0n) is 11.5. The van der Waals surface area contributed by atoms with E-state index < -0.39 is 10.0 Å². The van der Waals surface area contributed by atoms with Gasteiger partial charge in [-0.3, -0.25) is 4.79 Å². The largest absolute Gasteiger partial charge is 0.369 e. The van der Waals surface area contributed by atoms with Gasteiger partial charge in [-0.15, -0.1) is 0 Å². The SMILES string of the molecule is NCc1ccc(S(=O)(=O)N2CCC(C(N)=O)CC2)cc1Cl. The highest BCUT2D eigenvalue weighted by Crippen LogP contribution is 2.26. The molecule has 116 valence electrons. The molecule has 0 unspecified atom stereocenters. The first-order valence-electron chi connectivity index (χ1n) is 6.64. The third kappa shape index (κ3) is 3.37. The molecule has 1 fully saturated rings. The van der Waals surface area contributed by atoms with Crippen LogP contribution in [-0.2, 0) is 21.4 Å². The third-order valence-electron chi connectivity index (χ3n) is 3.74. The minimum atomic E-state index is -3.60. The summed E-state index contributed by atoms with van der Waals surface area (Å²) in [5.41, 5.74) is 11.5. The molecule has 1 saturated heterocycles. The summed E-state index contributed by atoms with van der Waals surface area (Å²) >= 11 is 6.02. The van der Waals surface area contributed by atoms with Gasteiger partial charge in [-0.2, -0.15) is 4.31 Å². The molecule has 0 radical (unpaired) electrons. The van der Waals surface area contributed by atoms with Gasteiger partial charge in [0.1, 0.15) is 0 Å². The van der Waals surface area contributed by atoms with Crippen LogP contribution >= 0.6 is 11.6 Å². The first kappa shape index (κ1) is 16.2. The van der Waals surface area contributed by atoms with E-state index in [0.29, 0.717) is 23.4 Å². The Labute approximate surface area is 129 Å². The van der Waals surface area contributed by atoms with Gasteiger partial charge in [-0.1, -0.05) is 17.7 Å². The van der Waals surface area contributed by atoms with Crippen LogP contribution in [-0.4, -0.2) is 31.7 Å². The monoisotopic (exact) mass is 331 g/mol. The van der Waals surface area contributed by atoms with Crippen molar-refractivity contribution in [3.05, 3.63) is 28.8 Å². The van der Waals surface area contributed by atoms with Crippen LogP contribution < -0.4 is 11.5 Å². The maximum Gasteiger partial charge on any atom is 0.243 e. The Morgan fingerprint density at radius 2 is 1.95 bits per heavy atom. The van der Waals surface area contributed by atoms with Crippen molar-refractivity contribution < 1.29 is 13.2 Å². The summed E-state index contributed by atoms with van der Waals surface area (Å²) in [5, 5.41) is 0.339. The second-order valence-electron chi connectivity index (χ2n) is 5.04. The van der Waals surface area contributed by atoms with Crippen molar-refractivity contribution in [1.82, 2.24) is 4.31 Å². The molecule has 0 saturated carbocycles. The van der Waals surface area contributed by atoms with Crippen molar-refractivity contribution in [3.8, 4) is 0 Å². The second kappa shape index (κ2) is 6.31. The van der Waals surface area contributed by atoms with E-state index >= 15 is 0 Å². The van der Waals surface area contributed by atoms with Gasteiger partial charge >= 0.3 is 0 Å². The average molecular weight is 332 g/mol. The molecule has 1 aromatic rings. The molecule has 0 spiro atoms. The van der Waals surface area contributed by atoms with Crippen molar-refractivity contribution in [2.45, 2.75) is 24.3 Å². The molecule has 0 atom stereocenters. The molecular formula is C13H18ClN3O3S. The van der Waals surface area contributed by atoms with Gasteiger partial charge in [0.15, 0.2) is 0 Å². The lowest BCUT2D eigenvalue weighted by Gasteiger charge is -2.29. The van der Waals surface area contributed by atoms with Gasteiger partial charge in [-0.25, -0.2) is 8.42 Å². The predicted molar refractivity (Wildman–Crippen MR) is 80.0 cm³/mol. The van der Waals surface area contributed by atoms with E-state index in [0.717, 1.165) is 0 Å². The summed E-state index contributed by atoms with van der Waals surface area (Å²) in [6.45, 7) is 0.821. The molecule has 1 amide bonds. The standard InChI is InChI=1S/C13H18ClN3O3S/c14-12-7-11(2-1-10(12)8-15)21(19,20)17-5-3-9(4-6-17)13(16)18/h1-2,7,9H,3-6,8,15H2,(H2,16,18). The highest BCUT2D eigenvalue weighted by atomic mass is 35.5. The number of piperidine rings is 1. The van der Waals surface area contributed by atoms with Crippen molar-refractivity contribution >= 4 is 27.5 Å². The molecule has 1 heterocycles. The summed E-state index contributed by atoms with van der Waals surface area (Å²) < 4.78 is 26.4. The fourth-order valence-corrected chi connectivity index (χ4v) is 4.20. The molecule has 0 aromatic heterocycles. The average Bonchev–Trinajstić information content (AvgIpc) is 2.47. The number of rotatable bonds is 4. The Hall–Kier alpha value is -1.15. The number of benzene rings is 1. The van der Waals surface area contributed by atoms with Gasteiger partial charge in [0.25, 0.3) is 0 Å². The lowest BCUT2D eigenvalue weighted by molar-refractivity contribution is -0.122. The fourth-order valence-electron chi connectivity index (χ4n) is 2.38. The van der Waals surface area contributed by atoms with Gasteiger partial charge < -0.3 is 11.5 Å². The first-order valence-corrected chi connectivity index (χ1v) is 8.46. The summed E-state index contributed by atoms with van der Waals surface area (Å²) in [4.78, 5) is 11.3. The molecule has 1 aliphatic heterocycles. The molecule has 1 aliphatic rings. The predicted octanol–water partition coefficient (Wildman–Crippen LogP) is 0.685. The minimum absolute atomic E-state index is 0.141. The van der Waals surface area contributed by atoms with Crippen LogP contribution in [0.2, 0.25) is 5.02 Å². The second-order valence-corrected chi connectivity index (χ2v) is 7.38. The van der Waals surface area contributed by atoms with Gasteiger partial charge in [-0.05, 0) is 30.5 Å². The van der Waals surface area contributed by atoms with Crippen LogP contribution in [0.15, 0.2) is 23.1 Å². The number of hydrogen-bond donors (Lipinski definition) is 2. The summed E-state index contributed by atoms with van der Waals surface area (Å²) in [6, 6.07) is 4.54. The van der Waals surface area contributed by atoms with E-state index in [4.69, 9.17) is 23.1 Å². The van der Waals surface area contributed by atoms with E-state index in [1.54, 1.807) is 6.07 Å². The van der Waals surface area contributed by atoms with Crippen molar-refractivity contribution in [2.75, 3.05) is 13.1 Å². The number of amides is 1. The summed E-state index contributed by atoms with van der Waals surface area (Å²) in [7, 11) is -3.60. The van der Waals surface area contributed by atoms with Gasteiger partial charge in [0.2, 0.25) is 15.9 Å². The molecule has 0 aliphatic carbocycles. The number of nitrogens with zero attached hydrogens (tertiary/aromatic N) is 1. The highest BCUT2D eigenvalue weighted by molar-refractivity contribution is 7.89. The Morgan fingerprint density at radius 3 is 2.43 bits per heavy atom. The molecule has 4 N–H and O–H groups in total. The van der Waals surface area contributed by atoms with Crippen LogP contribution in [0.4, 0.5) is 0 Å². The normalized spacial score (nSPS) is 17.8. The molecule has 1 aromatic carbocycles. The van der Waals surface area contributed by atoms with Crippen LogP contribution in [0.3, 0.4) is 0 Å².